The van der Waals surface area contributed by atoms with Gasteiger partial charge in [0.25, 0.3) is 0 Å². The van der Waals surface area contributed by atoms with Crippen LogP contribution in [-0.2, 0) is 4.74 Å². The van der Waals surface area contributed by atoms with Crippen molar-refractivity contribution in [2.45, 2.75) is 25.7 Å². The average Bonchev–Trinajstić information content (AvgIpc) is 1.98. The lowest BCUT2D eigenvalue weighted by Crippen LogP contribution is -2.29. The first kappa shape index (κ1) is 12.8. The van der Waals surface area contributed by atoms with Crippen LogP contribution in [0, 0.1) is 0 Å². The van der Waals surface area contributed by atoms with Gasteiger partial charge in [0.2, 0.25) is 0 Å². The first-order valence-corrected chi connectivity index (χ1v) is 8.81. The summed E-state index contributed by atoms with van der Waals surface area (Å²) in [6, 6.07) is 1.02. The quantitative estimate of drug-likeness (QED) is 0.550. The fourth-order valence-corrected chi connectivity index (χ4v) is 1.49. The maximum Gasteiger partial charge on any atom is 0.407 e. The zero-order chi connectivity index (χ0) is 10.3. The Kier molecular flexibility index (Phi) is 6.24. The predicted molar refractivity (Wildman–Crippen MR) is 61.4 cm³/mol. The summed E-state index contributed by atoms with van der Waals surface area (Å²) in [7, 11) is -1.08. The number of rotatable bonds is 5. The van der Waals surface area contributed by atoms with Crippen LogP contribution in [0.4, 0.5) is 4.79 Å². The van der Waals surface area contributed by atoms with E-state index in [1.54, 1.807) is 0 Å². The molecule has 13 heavy (non-hydrogen) atoms. The smallest absolute Gasteiger partial charge is 0.407 e. The molecule has 0 saturated carbocycles. The summed E-state index contributed by atoms with van der Waals surface area (Å²) in [5, 5.41) is 2.60. The van der Waals surface area contributed by atoms with Gasteiger partial charge in [-0.15, -0.1) is 0 Å². The number of ether oxygens (including phenoxy) is 1. The Labute approximate surface area is 86.7 Å². The molecule has 0 bridgehead atoms. The second-order valence-electron chi connectivity index (χ2n) is 4.10. The molecule has 0 spiro atoms. The lowest BCUT2D eigenvalue weighted by atomic mass is 10.7. The number of carbonyl (C=O) groups excluding carboxylic acids is 1. The zero-order valence-electron chi connectivity index (χ0n) is 8.59. The molecule has 0 aliphatic heterocycles. The highest BCUT2D eigenvalue weighted by Crippen LogP contribution is 2.07. The maximum atomic E-state index is 10.9. The fourth-order valence-electron chi connectivity index (χ4n) is 0.659. The van der Waals surface area contributed by atoms with Crippen LogP contribution in [0.15, 0.2) is 0 Å². The Balaban J connectivity index is 3.37. The van der Waals surface area contributed by atoms with Gasteiger partial charge in [-0.3, -0.25) is 0 Å². The van der Waals surface area contributed by atoms with E-state index in [1.807, 2.05) is 0 Å². The van der Waals surface area contributed by atoms with Gasteiger partial charge in [-0.1, -0.05) is 19.6 Å². The van der Waals surface area contributed by atoms with E-state index < -0.39 is 8.07 Å². The summed E-state index contributed by atoms with van der Waals surface area (Å²) in [6.45, 7) is 7.86. The second-order valence-corrected chi connectivity index (χ2v) is 10.2. The van der Waals surface area contributed by atoms with E-state index in [4.69, 9.17) is 4.74 Å². The zero-order valence-corrected chi connectivity index (χ0v) is 10.5. The second kappa shape index (κ2) is 6.31. The van der Waals surface area contributed by atoms with Gasteiger partial charge in [0.05, 0.1) is 6.61 Å². The molecule has 0 heterocycles. The Morgan fingerprint density at radius 3 is 2.54 bits per heavy atom. The highest BCUT2D eigenvalue weighted by molar-refractivity contribution is 7.80. The molecule has 0 atom stereocenters. The molecule has 1 amide bonds. The molecule has 0 aromatic carbocycles. The van der Waals surface area contributed by atoms with Crippen molar-refractivity contribution in [1.82, 2.24) is 5.32 Å². The largest absolute Gasteiger partial charge is 0.450 e. The average molecular weight is 221 g/mol. The first-order chi connectivity index (χ1) is 5.95. The van der Waals surface area contributed by atoms with E-state index in [1.165, 1.54) is 0 Å². The van der Waals surface area contributed by atoms with E-state index in [9.17, 15) is 4.79 Å². The summed E-state index contributed by atoms with van der Waals surface area (Å²) >= 11 is 3.97. The third-order valence-electron chi connectivity index (χ3n) is 1.47. The van der Waals surface area contributed by atoms with Crippen LogP contribution in [0.2, 0.25) is 25.7 Å². The van der Waals surface area contributed by atoms with Crippen molar-refractivity contribution in [1.29, 1.82) is 0 Å². The van der Waals surface area contributed by atoms with Crippen molar-refractivity contribution in [3.63, 3.8) is 0 Å². The van der Waals surface area contributed by atoms with Crippen LogP contribution < -0.4 is 5.32 Å². The SMILES string of the molecule is C[Si](C)(C)CCOC(=O)NCCS. The minimum Gasteiger partial charge on any atom is -0.450 e. The summed E-state index contributed by atoms with van der Waals surface area (Å²) < 4.78 is 4.97. The molecule has 0 aromatic rings. The molecule has 0 unspecified atom stereocenters. The standard InChI is InChI=1S/C8H19NO2SSi/c1-13(2,3)7-5-11-8(10)9-4-6-12/h12H,4-7H2,1-3H3,(H,9,10). The van der Waals surface area contributed by atoms with Crippen LogP contribution in [0.25, 0.3) is 0 Å². The molecule has 0 aromatic heterocycles. The topological polar surface area (TPSA) is 38.3 Å². The van der Waals surface area contributed by atoms with Crippen LogP contribution in [0.1, 0.15) is 0 Å². The third-order valence-corrected chi connectivity index (χ3v) is 3.39. The Bertz CT molecular complexity index is 159. The van der Waals surface area contributed by atoms with E-state index in [0.29, 0.717) is 18.9 Å². The van der Waals surface area contributed by atoms with Crippen molar-refractivity contribution >= 4 is 26.8 Å². The van der Waals surface area contributed by atoms with Gasteiger partial charge < -0.3 is 10.1 Å². The number of hydrogen-bond donors (Lipinski definition) is 2. The van der Waals surface area contributed by atoms with Gasteiger partial charge in [-0.2, -0.15) is 12.6 Å². The van der Waals surface area contributed by atoms with E-state index >= 15 is 0 Å². The van der Waals surface area contributed by atoms with Gasteiger partial charge in [0, 0.05) is 20.4 Å². The lowest BCUT2D eigenvalue weighted by Gasteiger charge is -2.15. The van der Waals surface area contributed by atoms with Crippen LogP contribution >= 0.6 is 12.6 Å². The molecule has 1 N–H and O–H groups in total. The van der Waals surface area contributed by atoms with Gasteiger partial charge in [0.1, 0.15) is 0 Å². The lowest BCUT2D eigenvalue weighted by molar-refractivity contribution is 0.152. The highest BCUT2D eigenvalue weighted by atomic mass is 32.1. The molecule has 0 radical (unpaired) electrons. The molecular weight excluding hydrogens is 202 g/mol. The Morgan fingerprint density at radius 2 is 2.08 bits per heavy atom. The Hall–Kier alpha value is -0.163. The predicted octanol–water partition coefficient (Wildman–Crippen LogP) is 1.98. The van der Waals surface area contributed by atoms with Gasteiger partial charge in [0.15, 0.2) is 0 Å². The third kappa shape index (κ3) is 9.75. The van der Waals surface area contributed by atoms with E-state index in [0.717, 1.165) is 6.04 Å². The van der Waals surface area contributed by atoms with Gasteiger partial charge in [-0.05, 0) is 6.04 Å². The van der Waals surface area contributed by atoms with Gasteiger partial charge >= 0.3 is 6.09 Å². The molecule has 0 rings (SSSR count). The normalized spacial score (nSPS) is 11.1. The summed E-state index contributed by atoms with van der Waals surface area (Å²) in [5.74, 6) is 0.642. The number of hydrogen-bond acceptors (Lipinski definition) is 3. The highest BCUT2D eigenvalue weighted by Gasteiger charge is 2.13. The molecule has 0 aliphatic carbocycles. The number of thiol groups is 1. The van der Waals surface area contributed by atoms with Gasteiger partial charge in [-0.25, -0.2) is 4.79 Å². The first-order valence-electron chi connectivity index (χ1n) is 4.47. The summed E-state index contributed by atoms with van der Waals surface area (Å²) in [6.07, 6.45) is -0.327. The van der Waals surface area contributed by atoms with E-state index in [-0.39, 0.29) is 6.09 Å². The Morgan fingerprint density at radius 1 is 1.46 bits per heavy atom. The molecule has 78 valence electrons. The minimum absolute atomic E-state index is 0.327. The van der Waals surface area contributed by atoms with Crippen molar-refractivity contribution in [2.75, 3.05) is 18.9 Å². The molecule has 5 heteroatoms. The minimum atomic E-state index is -1.08. The number of nitrogens with one attached hydrogen (secondary N) is 1. The number of carbonyl (C=O) groups is 1. The van der Waals surface area contributed by atoms with Crippen molar-refractivity contribution in [3.05, 3.63) is 0 Å². The molecular formula is C8H19NO2SSi. The maximum absolute atomic E-state index is 10.9. The fraction of sp³-hybridized carbons (Fsp3) is 0.875. The van der Waals surface area contributed by atoms with Crippen molar-refractivity contribution < 1.29 is 9.53 Å². The monoisotopic (exact) mass is 221 g/mol. The van der Waals surface area contributed by atoms with Crippen LogP contribution in [-0.4, -0.2) is 33.1 Å². The van der Waals surface area contributed by atoms with Crippen molar-refractivity contribution in [3.8, 4) is 0 Å². The summed E-state index contributed by atoms with van der Waals surface area (Å²) in [4.78, 5) is 10.9. The van der Waals surface area contributed by atoms with E-state index in [2.05, 4.69) is 37.6 Å². The number of alkyl carbamates (subject to hydrolysis) is 1. The molecule has 0 aliphatic rings. The molecule has 0 saturated heterocycles. The van der Waals surface area contributed by atoms with Crippen molar-refractivity contribution in [2.24, 2.45) is 0 Å². The molecule has 0 fully saturated rings. The van der Waals surface area contributed by atoms with Crippen LogP contribution in [0.5, 0.6) is 0 Å². The molecule has 3 nitrogen and oxygen atoms in total. The van der Waals surface area contributed by atoms with Crippen LogP contribution in [0.3, 0.4) is 0 Å². The number of amides is 1. The summed E-state index contributed by atoms with van der Waals surface area (Å²) in [5.41, 5.74) is 0.